The fourth-order valence-electron chi connectivity index (χ4n) is 4.18. The van der Waals surface area contributed by atoms with Crippen LogP contribution < -0.4 is 5.32 Å². The van der Waals surface area contributed by atoms with Crippen molar-refractivity contribution in [1.82, 2.24) is 15.2 Å². The molecule has 2 fully saturated rings. The standard InChI is InChI=1S/C16H21N3O4S/c1-10(20)17-7-14(21)19-12-3-4-13(19)16(6-12,15(22)23-2)5-11-8-24-9-18-11/h8-9,12-13H,3-7H2,1-2H3,(H,17,20)/t12-,13+,16+/m1/s1. The number of nitrogens with zero attached hydrogens (tertiary/aromatic N) is 2. The number of nitrogens with one attached hydrogen (secondary N) is 1. The van der Waals surface area contributed by atoms with E-state index in [2.05, 4.69) is 10.3 Å². The second-order valence-electron chi connectivity index (χ2n) is 6.47. The third-order valence-corrected chi connectivity index (χ3v) is 5.72. The lowest BCUT2D eigenvalue weighted by molar-refractivity contribution is -0.155. The quantitative estimate of drug-likeness (QED) is 0.791. The average Bonchev–Trinajstić information content (AvgIpc) is 3.27. The molecule has 7 nitrogen and oxygen atoms in total. The molecule has 8 heteroatoms. The van der Waals surface area contributed by atoms with Crippen molar-refractivity contribution in [3.8, 4) is 0 Å². The lowest BCUT2D eigenvalue weighted by Crippen LogP contribution is -2.49. The van der Waals surface area contributed by atoms with Crippen molar-refractivity contribution in [3.05, 3.63) is 16.6 Å². The van der Waals surface area contributed by atoms with Gasteiger partial charge in [-0.15, -0.1) is 11.3 Å². The number of carbonyl (C=O) groups is 3. The van der Waals surface area contributed by atoms with E-state index in [1.807, 2.05) is 5.38 Å². The fourth-order valence-corrected chi connectivity index (χ4v) is 4.74. The molecule has 2 amide bonds. The number of fused-ring (bicyclic) bond motifs is 2. The highest BCUT2D eigenvalue weighted by molar-refractivity contribution is 7.07. The molecule has 0 aliphatic carbocycles. The Kier molecular flexibility index (Phi) is 4.58. The van der Waals surface area contributed by atoms with Crippen molar-refractivity contribution in [3.63, 3.8) is 0 Å². The molecule has 24 heavy (non-hydrogen) atoms. The Morgan fingerprint density at radius 1 is 1.46 bits per heavy atom. The van der Waals surface area contributed by atoms with Crippen LogP contribution in [0.2, 0.25) is 0 Å². The molecule has 0 unspecified atom stereocenters. The zero-order valence-corrected chi connectivity index (χ0v) is 14.6. The van der Waals surface area contributed by atoms with E-state index in [1.54, 1.807) is 10.4 Å². The minimum Gasteiger partial charge on any atom is -0.469 e. The first-order valence-corrected chi connectivity index (χ1v) is 8.93. The summed E-state index contributed by atoms with van der Waals surface area (Å²) in [6.07, 6.45) is 2.73. The van der Waals surface area contributed by atoms with Gasteiger partial charge in [-0.1, -0.05) is 0 Å². The van der Waals surface area contributed by atoms with E-state index in [1.165, 1.54) is 25.4 Å². The van der Waals surface area contributed by atoms with Crippen molar-refractivity contribution in [2.75, 3.05) is 13.7 Å². The van der Waals surface area contributed by atoms with Gasteiger partial charge in [-0.25, -0.2) is 4.98 Å². The van der Waals surface area contributed by atoms with E-state index in [-0.39, 0.29) is 36.4 Å². The number of ether oxygens (including phenoxy) is 1. The van der Waals surface area contributed by atoms with Gasteiger partial charge >= 0.3 is 5.97 Å². The zero-order chi connectivity index (χ0) is 17.3. The molecule has 2 aliphatic rings. The number of esters is 1. The van der Waals surface area contributed by atoms with Crippen molar-refractivity contribution in [2.45, 2.75) is 44.7 Å². The van der Waals surface area contributed by atoms with Crippen LogP contribution in [-0.4, -0.2) is 53.4 Å². The molecule has 1 aromatic rings. The third kappa shape index (κ3) is 2.79. The normalized spacial score (nSPS) is 28.0. The molecule has 3 rings (SSSR count). The molecule has 0 spiro atoms. The monoisotopic (exact) mass is 351 g/mol. The van der Waals surface area contributed by atoms with Crippen LogP contribution in [0, 0.1) is 5.41 Å². The summed E-state index contributed by atoms with van der Waals surface area (Å²) in [6, 6.07) is -0.174. The SMILES string of the molecule is COC(=O)[C@@]1(Cc2cscn2)C[C@H]2CC[C@@H]1N2C(=O)CNC(C)=O. The third-order valence-electron chi connectivity index (χ3n) is 5.09. The lowest BCUT2D eigenvalue weighted by atomic mass is 9.71. The summed E-state index contributed by atoms with van der Waals surface area (Å²) in [5.41, 5.74) is 1.86. The summed E-state index contributed by atoms with van der Waals surface area (Å²) < 4.78 is 5.09. The zero-order valence-electron chi connectivity index (χ0n) is 13.8. The van der Waals surface area contributed by atoms with Crippen molar-refractivity contribution in [2.24, 2.45) is 5.41 Å². The topological polar surface area (TPSA) is 88.6 Å². The molecule has 3 atom stereocenters. The van der Waals surface area contributed by atoms with Crippen LogP contribution in [0.15, 0.2) is 10.9 Å². The van der Waals surface area contributed by atoms with E-state index >= 15 is 0 Å². The van der Waals surface area contributed by atoms with Gasteiger partial charge in [0, 0.05) is 30.8 Å². The highest BCUT2D eigenvalue weighted by Crippen LogP contribution is 2.52. The summed E-state index contributed by atoms with van der Waals surface area (Å²) >= 11 is 1.49. The van der Waals surface area contributed by atoms with Gasteiger partial charge in [-0.05, 0) is 19.3 Å². The van der Waals surface area contributed by atoms with Gasteiger partial charge < -0.3 is 15.0 Å². The maximum absolute atomic E-state index is 12.6. The molecule has 2 saturated heterocycles. The maximum atomic E-state index is 12.6. The fraction of sp³-hybridized carbons (Fsp3) is 0.625. The number of hydrogen-bond acceptors (Lipinski definition) is 6. The molecule has 2 bridgehead atoms. The number of carbonyl (C=O) groups excluding carboxylic acids is 3. The Morgan fingerprint density at radius 2 is 2.25 bits per heavy atom. The summed E-state index contributed by atoms with van der Waals surface area (Å²) in [4.78, 5) is 42.4. The van der Waals surface area contributed by atoms with E-state index < -0.39 is 5.41 Å². The van der Waals surface area contributed by atoms with Gasteiger partial charge in [0.05, 0.1) is 30.3 Å². The van der Waals surface area contributed by atoms with Crippen LogP contribution in [0.25, 0.3) is 0 Å². The summed E-state index contributed by atoms with van der Waals surface area (Å²) in [6.45, 7) is 1.35. The minimum atomic E-state index is -0.738. The Balaban J connectivity index is 1.85. The van der Waals surface area contributed by atoms with Gasteiger partial charge in [0.2, 0.25) is 11.8 Å². The van der Waals surface area contributed by atoms with E-state index in [4.69, 9.17) is 4.74 Å². The molecular formula is C16H21N3O4S. The molecule has 3 heterocycles. The molecule has 1 aromatic heterocycles. The Labute approximate surface area is 144 Å². The Bertz CT molecular complexity index is 648. The second kappa shape index (κ2) is 6.51. The smallest absolute Gasteiger partial charge is 0.314 e. The number of thiazole rings is 1. The second-order valence-corrected chi connectivity index (χ2v) is 7.18. The molecule has 1 N–H and O–H groups in total. The van der Waals surface area contributed by atoms with Crippen molar-refractivity contribution < 1.29 is 19.1 Å². The first-order chi connectivity index (χ1) is 11.5. The molecule has 2 aliphatic heterocycles. The number of amides is 2. The van der Waals surface area contributed by atoms with Crippen LogP contribution in [-0.2, 0) is 25.5 Å². The number of aromatic nitrogens is 1. The van der Waals surface area contributed by atoms with Crippen LogP contribution in [0.3, 0.4) is 0 Å². The van der Waals surface area contributed by atoms with Gasteiger partial charge in [-0.3, -0.25) is 14.4 Å². The van der Waals surface area contributed by atoms with E-state index in [9.17, 15) is 14.4 Å². The molecular weight excluding hydrogens is 330 g/mol. The summed E-state index contributed by atoms with van der Waals surface area (Å²) in [5.74, 6) is -0.654. The number of rotatable bonds is 5. The van der Waals surface area contributed by atoms with Crippen molar-refractivity contribution in [1.29, 1.82) is 0 Å². The van der Waals surface area contributed by atoms with Crippen LogP contribution in [0.1, 0.15) is 31.9 Å². The van der Waals surface area contributed by atoms with Gasteiger partial charge in [0.15, 0.2) is 0 Å². The van der Waals surface area contributed by atoms with Crippen molar-refractivity contribution >= 4 is 29.1 Å². The number of hydrogen-bond donors (Lipinski definition) is 1. The predicted octanol–water partition coefficient (Wildman–Crippen LogP) is 0.744. The van der Waals surface area contributed by atoms with Crippen LogP contribution in [0.5, 0.6) is 0 Å². The highest BCUT2D eigenvalue weighted by Gasteiger charge is 2.61. The predicted molar refractivity (Wildman–Crippen MR) is 87.2 cm³/mol. The molecule has 0 aromatic carbocycles. The summed E-state index contributed by atoms with van der Waals surface area (Å²) in [7, 11) is 1.39. The molecule has 130 valence electrons. The number of methoxy groups -OCH3 is 1. The largest absolute Gasteiger partial charge is 0.469 e. The van der Waals surface area contributed by atoms with Crippen LogP contribution in [0.4, 0.5) is 0 Å². The first-order valence-electron chi connectivity index (χ1n) is 7.99. The van der Waals surface area contributed by atoms with Gasteiger partial charge in [0.1, 0.15) is 0 Å². The minimum absolute atomic E-state index is 0.0222. The first kappa shape index (κ1) is 16.9. The van der Waals surface area contributed by atoms with E-state index in [0.29, 0.717) is 12.8 Å². The van der Waals surface area contributed by atoms with Crippen LogP contribution >= 0.6 is 11.3 Å². The molecule has 0 radical (unpaired) electrons. The lowest BCUT2D eigenvalue weighted by Gasteiger charge is -2.34. The maximum Gasteiger partial charge on any atom is 0.314 e. The Hall–Kier alpha value is -1.96. The molecule has 0 saturated carbocycles. The summed E-state index contributed by atoms with van der Waals surface area (Å²) in [5, 5.41) is 4.48. The average molecular weight is 351 g/mol. The van der Waals surface area contributed by atoms with E-state index in [0.717, 1.165) is 18.5 Å². The van der Waals surface area contributed by atoms with Gasteiger partial charge in [0.25, 0.3) is 0 Å². The Morgan fingerprint density at radius 3 is 2.88 bits per heavy atom. The highest BCUT2D eigenvalue weighted by atomic mass is 32.1. The van der Waals surface area contributed by atoms with Gasteiger partial charge in [-0.2, -0.15) is 0 Å².